The van der Waals surface area contributed by atoms with E-state index in [0.717, 1.165) is 24.9 Å². The summed E-state index contributed by atoms with van der Waals surface area (Å²) < 4.78 is 4.94. The highest BCUT2D eigenvalue weighted by Crippen LogP contribution is 2.41. The number of hydrogen-bond acceptors (Lipinski definition) is 5. The molecule has 2 aliphatic heterocycles. The lowest BCUT2D eigenvalue weighted by atomic mass is 9.97. The number of aromatic nitrogens is 1. The summed E-state index contributed by atoms with van der Waals surface area (Å²) >= 11 is 0. The van der Waals surface area contributed by atoms with E-state index in [4.69, 9.17) is 4.74 Å². The van der Waals surface area contributed by atoms with Gasteiger partial charge in [0, 0.05) is 37.6 Å². The van der Waals surface area contributed by atoms with Gasteiger partial charge in [-0.3, -0.25) is 19.5 Å². The fraction of sp³-hybridized carbons (Fsp3) is 0.438. The van der Waals surface area contributed by atoms with Crippen LogP contribution in [0.1, 0.15) is 18.4 Å². The number of likely N-dealkylation sites (tertiary alicyclic amines) is 1. The standard InChI is InChI=1S/C16H19N3O3/c1-18-14(20)7-8-16(18,12-5-3-9-17-11-12)19-10-4-6-13(19)15(21)22-2/h3,5,7-9,11,13H,4,6,10H2,1-2H3. The number of likely N-dealkylation sites (N-methyl/N-ethyl adjacent to an activating group) is 1. The van der Waals surface area contributed by atoms with Crippen molar-refractivity contribution in [2.45, 2.75) is 24.5 Å². The van der Waals surface area contributed by atoms with Crippen molar-refractivity contribution in [2.24, 2.45) is 0 Å². The topological polar surface area (TPSA) is 62.7 Å². The van der Waals surface area contributed by atoms with Crippen LogP contribution >= 0.6 is 0 Å². The maximum Gasteiger partial charge on any atom is 0.323 e. The molecule has 0 spiro atoms. The van der Waals surface area contributed by atoms with E-state index in [2.05, 4.69) is 4.98 Å². The Hall–Kier alpha value is -2.21. The molecule has 0 saturated carbocycles. The van der Waals surface area contributed by atoms with Crippen LogP contribution in [-0.4, -0.2) is 53.4 Å². The van der Waals surface area contributed by atoms with E-state index < -0.39 is 5.66 Å². The predicted molar refractivity (Wildman–Crippen MR) is 79.6 cm³/mol. The number of rotatable bonds is 3. The average Bonchev–Trinajstić information content (AvgIpc) is 3.15. The third-order valence-electron chi connectivity index (χ3n) is 4.55. The van der Waals surface area contributed by atoms with Gasteiger partial charge in [0.1, 0.15) is 11.7 Å². The minimum Gasteiger partial charge on any atom is -0.468 e. The van der Waals surface area contributed by atoms with Gasteiger partial charge in [0.05, 0.1) is 7.11 Å². The third kappa shape index (κ3) is 2.02. The van der Waals surface area contributed by atoms with Crippen molar-refractivity contribution < 1.29 is 14.3 Å². The van der Waals surface area contributed by atoms with Crippen molar-refractivity contribution in [3.63, 3.8) is 0 Å². The summed E-state index contributed by atoms with van der Waals surface area (Å²) in [5, 5.41) is 0. The smallest absolute Gasteiger partial charge is 0.323 e. The van der Waals surface area contributed by atoms with E-state index >= 15 is 0 Å². The first kappa shape index (κ1) is 14.7. The molecule has 3 heterocycles. The fourth-order valence-electron chi connectivity index (χ4n) is 3.46. The van der Waals surface area contributed by atoms with Gasteiger partial charge in [0.25, 0.3) is 0 Å². The highest BCUT2D eigenvalue weighted by Gasteiger charge is 2.51. The van der Waals surface area contributed by atoms with Crippen LogP contribution in [0.15, 0.2) is 36.7 Å². The van der Waals surface area contributed by atoms with Crippen LogP contribution in [0.5, 0.6) is 0 Å². The monoisotopic (exact) mass is 301 g/mol. The third-order valence-corrected chi connectivity index (χ3v) is 4.55. The SMILES string of the molecule is COC(=O)C1CCCN1C1(c2cccnc2)C=CC(=O)N1C. The first-order valence-electron chi connectivity index (χ1n) is 7.33. The average molecular weight is 301 g/mol. The molecule has 2 unspecified atom stereocenters. The van der Waals surface area contributed by atoms with Crippen LogP contribution in [-0.2, 0) is 20.0 Å². The zero-order valence-electron chi connectivity index (χ0n) is 12.7. The molecule has 1 fully saturated rings. The molecule has 0 aromatic carbocycles. The number of pyridine rings is 1. The number of methoxy groups -OCH3 is 1. The molecule has 0 N–H and O–H groups in total. The van der Waals surface area contributed by atoms with Crippen LogP contribution in [0.2, 0.25) is 0 Å². The molecule has 2 aliphatic rings. The minimum absolute atomic E-state index is 0.0839. The first-order chi connectivity index (χ1) is 10.6. The summed E-state index contributed by atoms with van der Waals surface area (Å²) in [5.41, 5.74) is 0.0937. The van der Waals surface area contributed by atoms with Gasteiger partial charge in [0.2, 0.25) is 5.91 Å². The molecule has 116 valence electrons. The lowest BCUT2D eigenvalue weighted by Crippen LogP contribution is -2.57. The van der Waals surface area contributed by atoms with E-state index in [1.54, 1.807) is 30.4 Å². The van der Waals surface area contributed by atoms with E-state index in [1.807, 2.05) is 23.1 Å². The second kappa shape index (κ2) is 5.53. The minimum atomic E-state index is -0.777. The van der Waals surface area contributed by atoms with Crippen molar-refractivity contribution in [2.75, 3.05) is 20.7 Å². The molecule has 1 saturated heterocycles. The number of ether oxygens (including phenoxy) is 1. The number of carbonyl (C=O) groups is 2. The van der Waals surface area contributed by atoms with Crippen molar-refractivity contribution >= 4 is 11.9 Å². The van der Waals surface area contributed by atoms with E-state index in [0.29, 0.717) is 0 Å². The van der Waals surface area contributed by atoms with Crippen LogP contribution in [0.3, 0.4) is 0 Å². The quantitative estimate of drug-likeness (QED) is 0.776. The molecule has 2 atom stereocenters. The lowest BCUT2D eigenvalue weighted by Gasteiger charge is -2.45. The highest BCUT2D eigenvalue weighted by molar-refractivity contribution is 5.91. The van der Waals surface area contributed by atoms with Gasteiger partial charge in [-0.15, -0.1) is 0 Å². The van der Waals surface area contributed by atoms with Gasteiger partial charge in [-0.1, -0.05) is 6.07 Å². The molecule has 6 nitrogen and oxygen atoms in total. The number of hydrogen-bond donors (Lipinski definition) is 0. The van der Waals surface area contributed by atoms with Gasteiger partial charge < -0.3 is 9.64 Å². The number of esters is 1. The second-order valence-electron chi connectivity index (χ2n) is 5.57. The van der Waals surface area contributed by atoms with E-state index in [-0.39, 0.29) is 17.9 Å². The number of carbonyl (C=O) groups excluding carboxylic acids is 2. The van der Waals surface area contributed by atoms with E-state index in [1.165, 1.54) is 7.11 Å². The fourth-order valence-corrected chi connectivity index (χ4v) is 3.46. The van der Waals surface area contributed by atoms with Crippen LogP contribution in [0, 0.1) is 0 Å². The molecule has 0 aliphatic carbocycles. The number of nitrogens with zero attached hydrogens (tertiary/aromatic N) is 3. The normalized spacial score (nSPS) is 28.4. The van der Waals surface area contributed by atoms with Crippen LogP contribution in [0.25, 0.3) is 0 Å². The highest BCUT2D eigenvalue weighted by atomic mass is 16.5. The molecule has 0 radical (unpaired) electrons. The Morgan fingerprint density at radius 1 is 1.50 bits per heavy atom. The van der Waals surface area contributed by atoms with Crippen LogP contribution in [0.4, 0.5) is 0 Å². The molecule has 0 bridgehead atoms. The molecule has 22 heavy (non-hydrogen) atoms. The maximum atomic E-state index is 12.1. The van der Waals surface area contributed by atoms with Gasteiger partial charge in [-0.05, 0) is 25.0 Å². The Balaban J connectivity index is 2.09. The largest absolute Gasteiger partial charge is 0.468 e. The van der Waals surface area contributed by atoms with Gasteiger partial charge in [-0.2, -0.15) is 0 Å². The summed E-state index contributed by atoms with van der Waals surface area (Å²) in [6.07, 6.45) is 8.46. The Morgan fingerprint density at radius 2 is 2.32 bits per heavy atom. The summed E-state index contributed by atoms with van der Waals surface area (Å²) in [6, 6.07) is 3.41. The van der Waals surface area contributed by atoms with Gasteiger partial charge in [-0.25, -0.2) is 0 Å². The van der Waals surface area contributed by atoms with Gasteiger partial charge in [0.15, 0.2) is 0 Å². The summed E-state index contributed by atoms with van der Waals surface area (Å²) in [5.74, 6) is -0.346. The molecule has 1 amide bonds. The number of amides is 1. The van der Waals surface area contributed by atoms with Crippen molar-refractivity contribution in [1.82, 2.24) is 14.8 Å². The summed E-state index contributed by atoms with van der Waals surface area (Å²) in [7, 11) is 3.15. The molecule has 6 heteroatoms. The molecule has 1 aromatic rings. The maximum absolute atomic E-state index is 12.1. The summed E-state index contributed by atoms with van der Waals surface area (Å²) in [6.45, 7) is 0.719. The Morgan fingerprint density at radius 3 is 2.91 bits per heavy atom. The molecular weight excluding hydrogens is 282 g/mol. The zero-order valence-corrected chi connectivity index (χ0v) is 12.7. The molecular formula is C16H19N3O3. The Labute approximate surface area is 129 Å². The van der Waals surface area contributed by atoms with Crippen LogP contribution < -0.4 is 0 Å². The predicted octanol–water partition coefficient (Wildman–Crippen LogP) is 0.900. The zero-order chi connectivity index (χ0) is 15.7. The van der Waals surface area contributed by atoms with Crippen molar-refractivity contribution in [3.8, 4) is 0 Å². The van der Waals surface area contributed by atoms with Crippen molar-refractivity contribution in [1.29, 1.82) is 0 Å². The molecule has 3 rings (SSSR count). The Kier molecular flexibility index (Phi) is 3.70. The van der Waals surface area contributed by atoms with Gasteiger partial charge >= 0.3 is 5.97 Å². The lowest BCUT2D eigenvalue weighted by molar-refractivity contribution is -0.153. The second-order valence-corrected chi connectivity index (χ2v) is 5.57. The summed E-state index contributed by atoms with van der Waals surface area (Å²) in [4.78, 5) is 32.2. The first-order valence-corrected chi connectivity index (χ1v) is 7.33. The van der Waals surface area contributed by atoms with E-state index in [9.17, 15) is 9.59 Å². The van der Waals surface area contributed by atoms with Crippen molar-refractivity contribution in [3.05, 3.63) is 42.2 Å². The molecule has 1 aromatic heterocycles. The Bertz CT molecular complexity index is 616.